The maximum Gasteiger partial charge on any atom is 0.326 e. The second-order valence-corrected chi connectivity index (χ2v) is 8.68. The third kappa shape index (κ3) is 6.01. The average Bonchev–Trinajstić information content (AvgIpc) is 2.78. The van der Waals surface area contributed by atoms with Gasteiger partial charge in [-0.2, -0.15) is 0 Å². The highest BCUT2D eigenvalue weighted by atomic mass is 35.5. The summed E-state index contributed by atoms with van der Waals surface area (Å²) in [5, 5.41) is 12.5. The van der Waals surface area contributed by atoms with Crippen LogP contribution in [0.25, 0.3) is 11.1 Å². The first kappa shape index (κ1) is 25.4. The Kier molecular flexibility index (Phi) is 8.42. The van der Waals surface area contributed by atoms with Crippen molar-refractivity contribution < 1.29 is 24.2 Å². The third-order valence-electron chi connectivity index (χ3n) is 5.05. The van der Waals surface area contributed by atoms with Gasteiger partial charge in [0.25, 0.3) is 5.91 Å². The van der Waals surface area contributed by atoms with E-state index in [0.717, 1.165) is 16.7 Å². The van der Waals surface area contributed by atoms with Crippen LogP contribution in [-0.4, -0.2) is 36.2 Å². The summed E-state index contributed by atoms with van der Waals surface area (Å²) in [6.07, 6.45) is 0.0572. The summed E-state index contributed by atoms with van der Waals surface area (Å²) in [5.41, 5.74) is 2.43. The largest absolute Gasteiger partial charge is 0.496 e. The van der Waals surface area contributed by atoms with Gasteiger partial charge in [0.2, 0.25) is 0 Å². The van der Waals surface area contributed by atoms with E-state index in [1.54, 1.807) is 13.2 Å². The molecule has 1 atom stereocenters. The zero-order valence-electron chi connectivity index (χ0n) is 19.0. The van der Waals surface area contributed by atoms with Crippen molar-refractivity contribution in [2.45, 2.75) is 32.4 Å². The van der Waals surface area contributed by atoms with E-state index >= 15 is 0 Å². The molecule has 0 heterocycles. The van der Waals surface area contributed by atoms with E-state index in [9.17, 15) is 14.7 Å². The molecule has 0 saturated carbocycles. The van der Waals surface area contributed by atoms with E-state index in [4.69, 9.17) is 32.7 Å². The Morgan fingerprint density at radius 2 is 1.53 bits per heavy atom. The first-order valence-corrected chi connectivity index (χ1v) is 11.4. The molecule has 3 rings (SSSR count). The van der Waals surface area contributed by atoms with Crippen LogP contribution in [0.15, 0.2) is 60.7 Å². The Labute approximate surface area is 208 Å². The lowest BCUT2D eigenvalue weighted by Gasteiger charge is -2.18. The molecule has 0 unspecified atom stereocenters. The molecule has 6 nitrogen and oxygen atoms in total. The highest BCUT2D eigenvalue weighted by molar-refractivity contribution is 6.39. The lowest BCUT2D eigenvalue weighted by Crippen LogP contribution is -2.42. The quantitative estimate of drug-likeness (QED) is 0.382. The number of benzene rings is 3. The lowest BCUT2D eigenvalue weighted by molar-refractivity contribution is -0.139. The summed E-state index contributed by atoms with van der Waals surface area (Å²) in [6, 6.07) is 16.4. The van der Waals surface area contributed by atoms with E-state index in [1.165, 1.54) is 12.1 Å². The van der Waals surface area contributed by atoms with Gasteiger partial charge in [-0.1, -0.05) is 59.6 Å². The van der Waals surface area contributed by atoms with E-state index in [1.807, 2.05) is 56.3 Å². The van der Waals surface area contributed by atoms with Crippen LogP contribution in [0.1, 0.15) is 29.8 Å². The summed E-state index contributed by atoms with van der Waals surface area (Å²) in [5.74, 6) is -0.463. The van der Waals surface area contributed by atoms with Gasteiger partial charge in [-0.05, 0) is 49.2 Å². The number of hydrogen-bond acceptors (Lipinski definition) is 4. The van der Waals surface area contributed by atoms with Crippen molar-refractivity contribution in [3.05, 3.63) is 81.8 Å². The highest BCUT2D eigenvalue weighted by Crippen LogP contribution is 2.39. The lowest BCUT2D eigenvalue weighted by atomic mass is 9.99. The molecule has 0 saturated heterocycles. The number of carbonyl (C=O) groups is 2. The molecule has 0 aliphatic rings. The summed E-state index contributed by atoms with van der Waals surface area (Å²) in [6.45, 7) is 3.89. The van der Waals surface area contributed by atoms with Crippen molar-refractivity contribution >= 4 is 35.1 Å². The monoisotopic (exact) mass is 501 g/mol. The Hall–Kier alpha value is -3.22. The van der Waals surface area contributed by atoms with Crippen LogP contribution in [0.5, 0.6) is 11.5 Å². The van der Waals surface area contributed by atoms with Crippen molar-refractivity contribution in [3.8, 4) is 22.6 Å². The SMILES string of the molecule is COc1cccc(OC(C)C)c1-c1ccc(C[C@H](NC(=O)c2c(Cl)cccc2Cl)C(=O)O)cc1. The first-order valence-electron chi connectivity index (χ1n) is 10.6. The number of nitrogens with one attached hydrogen (secondary N) is 1. The Balaban J connectivity index is 1.83. The maximum absolute atomic E-state index is 12.7. The highest BCUT2D eigenvalue weighted by Gasteiger charge is 2.24. The summed E-state index contributed by atoms with van der Waals surface area (Å²) in [7, 11) is 1.59. The molecule has 3 aromatic rings. The molecule has 0 aliphatic heterocycles. The molecule has 0 fully saturated rings. The molecule has 1 amide bonds. The van der Waals surface area contributed by atoms with Gasteiger partial charge in [0, 0.05) is 6.42 Å². The maximum atomic E-state index is 12.7. The normalized spacial score (nSPS) is 11.7. The van der Waals surface area contributed by atoms with E-state index in [2.05, 4.69) is 5.32 Å². The van der Waals surface area contributed by atoms with Gasteiger partial charge in [0.05, 0.1) is 34.4 Å². The van der Waals surface area contributed by atoms with Gasteiger partial charge >= 0.3 is 5.97 Å². The van der Waals surface area contributed by atoms with Gasteiger partial charge < -0.3 is 19.9 Å². The Bertz CT molecular complexity index is 1160. The second-order valence-electron chi connectivity index (χ2n) is 7.86. The van der Waals surface area contributed by atoms with Crippen LogP contribution < -0.4 is 14.8 Å². The molecule has 2 N–H and O–H groups in total. The molecular formula is C26H25Cl2NO5. The van der Waals surface area contributed by atoms with Crippen LogP contribution in [0.3, 0.4) is 0 Å². The van der Waals surface area contributed by atoms with Gasteiger partial charge in [-0.15, -0.1) is 0 Å². The molecule has 0 aliphatic carbocycles. The molecule has 178 valence electrons. The predicted molar refractivity (Wildman–Crippen MR) is 133 cm³/mol. The van der Waals surface area contributed by atoms with Crippen molar-refractivity contribution in [3.63, 3.8) is 0 Å². The van der Waals surface area contributed by atoms with Gasteiger partial charge in [-0.3, -0.25) is 4.79 Å². The number of halogens is 2. The number of rotatable bonds is 9. The van der Waals surface area contributed by atoms with Gasteiger partial charge in [-0.25, -0.2) is 4.79 Å². The molecular weight excluding hydrogens is 477 g/mol. The molecule has 34 heavy (non-hydrogen) atoms. The predicted octanol–water partition coefficient (Wildman–Crippen LogP) is 5.88. The summed E-state index contributed by atoms with van der Waals surface area (Å²) >= 11 is 12.2. The number of carboxylic acids is 1. The Morgan fingerprint density at radius 3 is 2.09 bits per heavy atom. The van der Waals surface area contributed by atoms with Crippen molar-refractivity contribution in [1.82, 2.24) is 5.32 Å². The van der Waals surface area contributed by atoms with Crippen molar-refractivity contribution in [2.24, 2.45) is 0 Å². The van der Waals surface area contributed by atoms with E-state index in [0.29, 0.717) is 11.5 Å². The van der Waals surface area contributed by atoms with Crippen LogP contribution in [0, 0.1) is 0 Å². The minimum Gasteiger partial charge on any atom is -0.496 e. The number of ether oxygens (including phenoxy) is 2. The number of carbonyl (C=O) groups excluding carboxylic acids is 1. The smallest absolute Gasteiger partial charge is 0.326 e. The molecule has 0 radical (unpaired) electrons. The van der Waals surface area contributed by atoms with E-state index in [-0.39, 0.29) is 28.1 Å². The minimum atomic E-state index is -1.17. The fourth-order valence-corrected chi connectivity index (χ4v) is 4.08. The Morgan fingerprint density at radius 1 is 0.941 bits per heavy atom. The fraction of sp³-hybridized carbons (Fsp3) is 0.231. The molecule has 8 heteroatoms. The second kappa shape index (κ2) is 11.3. The molecule has 0 aromatic heterocycles. The average molecular weight is 502 g/mol. The first-order chi connectivity index (χ1) is 16.2. The minimum absolute atomic E-state index is 0.0170. The van der Waals surface area contributed by atoms with Crippen LogP contribution in [-0.2, 0) is 11.2 Å². The number of methoxy groups -OCH3 is 1. The summed E-state index contributed by atoms with van der Waals surface area (Å²) in [4.78, 5) is 24.5. The third-order valence-corrected chi connectivity index (χ3v) is 5.68. The topological polar surface area (TPSA) is 84.9 Å². The van der Waals surface area contributed by atoms with Gasteiger partial charge in [0.15, 0.2) is 0 Å². The zero-order valence-corrected chi connectivity index (χ0v) is 20.5. The number of hydrogen-bond donors (Lipinski definition) is 2. The van der Waals surface area contributed by atoms with E-state index < -0.39 is 17.9 Å². The van der Waals surface area contributed by atoms with Crippen molar-refractivity contribution in [2.75, 3.05) is 7.11 Å². The standard InChI is InChI=1S/C26H25Cl2NO5/c1-15(2)34-22-9-5-8-21(33-3)23(22)17-12-10-16(11-13-17)14-20(26(31)32)29-25(30)24-18(27)6-4-7-19(24)28/h4-13,15,20H,14H2,1-3H3,(H,29,30)(H,31,32)/t20-/m0/s1. The van der Waals surface area contributed by atoms with Crippen LogP contribution >= 0.6 is 23.2 Å². The van der Waals surface area contributed by atoms with Crippen LogP contribution in [0.2, 0.25) is 10.0 Å². The fourth-order valence-electron chi connectivity index (χ4n) is 3.51. The van der Waals surface area contributed by atoms with Crippen LogP contribution in [0.4, 0.5) is 0 Å². The number of amides is 1. The molecule has 3 aromatic carbocycles. The van der Waals surface area contributed by atoms with Crippen molar-refractivity contribution in [1.29, 1.82) is 0 Å². The molecule has 0 bridgehead atoms. The summed E-state index contributed by atoms with van der Waals surface area (Å²) < 4.78 is 11.5. The molecule has 0 spiro atoms. The number of aliphatic carboxylic acids is 1. The number of carboxylic acid groups (broad SMARTS) is 1. The zero-order chi connectivity index (χ0) is 24.8. The van der Waals surface area contributed by atoms with Gasteiger partial charge in [0.1, 0.15) is 17.5 Å².